The van der Waals surface area contributed by atoms with Gasteiger partial charge in [-0.3, -0.25) is 4.79 Å². The van der Waals surface area contributed by atoms with Gasteiger partial charge in [-0.25, -0.2) is 0 Å². The number of carbonyl (C=O) groups excluding carboxylic acids is 1. The monoisotopic (exact) mass is 180 g/mol. The topological polar surface area (TPSA) is 26.3 Å². The number of ether oxygens (including phenoxy) is 1. The van der Waals surface area contributed by atoms with Crippen LogP contribution in [0.1, 0.15) is 12.8 Å². The summed E-state index contributed by atoms with van der Waals surface area (Å²) in [6.45, 7) is 0.411. The normalized spacial score (nSPS) is 9.40. The standard InChI is InChI=1S/C6H12O2S2/c7-6(2-1-4-9)8-3-5-10/h9-10H,1-5H2. The van der Waals surface area contributed by atoms with Crippen LogP contribution in [0.15, 0.2) is 0 Å². The molecule has 0 aliphatic carbocycles. The molecule has 0 heterocycles. The van der Waals surface area contributed by atoms with Gasteiger partial charge < -0.3 is 4.74 Å². The van der Waals surface area contributed by atoms with Crippen molar-refractivity contribution in [3.05, 3.63) is 0 Å². The van der Waals surface area contributed by atoms with Gasteiger partial charge in [0, 0.05) is 12.2 Å². The van der Waals surface area contributed by atoms with Crippen LogP contribution in [-0.4, -0.2) is 24.1 Å². The molecule has 0 saturated heterocycles. The Hall–Kier alpha value is 0.170. The van der Waals surface area contributed by atoms with Crippen LogP contribution in [-0.2, 0) is 9.53 Å². The average Bonchev–Trinajstić information content (AvgIpc) is 1.97. The Labute approximate surface area is 72.1 Å². The summed E-state index contributed by atoms with van der Waals surface area (Å²) in [6, 6.07) is 0. The Bertz CT molecular complexity index is 85.7. The SMILES string of the molecule is O=C(CCCS)OCCS. The minimum absolute atomic E-state index is 0.150. The molecule has 0 spiro atoms. The van der Waals surface area contributed by atoms with Gasteiger partial charge in [-0.2, -0.15) is 25.3 Å². The number of hydrogen-bond acceptors (Lipinski definition) is 4. The van der Waals surface area contributed by atoms with E-state index in [-0.39, 0.29) is 5.97 Å². The molecule has 0 fully saturated rings. The second kappa shape index (κ2) is 7.28. The first kappa shape index (κ1) is 10.2. The maximum atomic E-state index is 10.7. The van der Waals surface area contributed by atoms with Gasteiger partial charge in [0.2, 0.25) is 0 Å². The number of rotatable bonds is 5. The maximum absolute atomic E-state index is 10.7. The van der Waals surface area contributed by atoms with Crippen molar-refractivity contribution < 1.29 is 9.53 Å². The van der Waals surface area contributed by atoms with Crippen molar-refractivity contribution in [2.24, 2.45) is 0 Å². The molecule has 0 aromatic carbocycles. The molecule has 0 aliphatic rings. The average molecular weight is 180 g/mol. The maximum Gasteiger partial charge on any atom is 0.305 e. The highest BCUT2D eigenvalue weighted by Crippen LogP contribution is 1.94. The predicted molar refractivity (Wildman–Crippen MR) is 47.9 cm³/mol. The predicted octanol–water partition coefficient (Wildman–Crippen LogP) is 1.17. The van der Waals surface area contributed by atoms with Gasteiger partial charge in [0.25, 0.3) is 0 Å². The zero-order valence-electron chi connectivity index (χ0n) is 5.75. The first-order valence-corrected chi connectivity index (χ1v) is 4.45. The Kier molecular flexibility index (Phi) is 7.40. The van der Waals surface area contributed by atoms with Gasteiger partial charge >= 0.3 is 5.97 Å². The van der Waals surface area contributed by atoms with Crippen LogP contribution in [0.4, 0.5) is 0 Å². The van der Waals surface area contributed by atoms with Crippen molar-refractivity contribution in [2.45, 2.75) is 12.8 Å². The lowest BCUT2D eigenvalue weighted by molar-refractivity contribution is -0.142. The summed E-state index contributed by atoms with van der Waals surface area (Å²) < 4.78 is 4.74. The Morgan fingerprint density at radius 2 is 2.00 bits per heavy atom. The summed E-state index contributed by atoms with van der Waals surface area (Å²) in [7, 11) is 0. The minimum Gasteiger partial charge on any atom is -0.465 e. The fraction of sp³-hybridized carbons (Fsp3) is 0.833. The number of hydrogen-bond donors (Lipinski definition) is 2. The third-order valence-corrected chi connectivity index (χ3v) is 1.39. The molecule has 10 heavy (non-hydrogen) atoms. The van der Waals surface area contributed by atoms with Crippen LogP contribution in [0, 0.1) is 0 Å². The van der Waals surface area contributed by atoms with Crippen molar-refractivity contribution in [1.82, 2.24) is 0 Å². The largest absolute Gasteiger partial charge is 0.465 e. The van der Waals surface area contributed by atoms with Crippen molar-refractivity contribution in [3.8, 4) is 0 Å². The van der Waals surface area contributed by atoms with E-state index in [2.05, 4.69) is 25.3 Å². The second-order valence-corrected chi connectivity index (χ2v) is 2.67. The molecule has 4 heteroatoms. The third kappa shape index (κ3) is 6.29. The molecular weight excluding hydrogens is 168 g/mol. The van der Waals surface area contributed by atoms with E-state index in [4.69, 9.17) is 4.74 Å². The third-order valence-electron chi connectivity index (χ3n) is 0.893. The molecule has 0 N–H and O–H groups in total. The molecule has 0 rings (SSSR count). The zero-order chi connectivity index (χ0) is 7.82. The zero-order valence-corrected chi connectivity index (χ0v) is 7.54. The van der Waals surface area contributed by atoms with Crippen LogP contribution in [0.3, 0.4) is 0 Å². The van der Waals surface area contributed by atoms with E-state index in [1.807, 2.05) is 0 Å². The Morgan fingerprint density at radius 3 is 2.50 bits per heavy atom. The van der Waals surface area contributed by atoms with Crippen molar-refractivity contribution in [2.75, 3.05) is 18.1 Å². The van der Waals surface area contributed by atoms with E-state index in [1.54, 1.807) is 0 Å². The van der Waals surface area contributed by atoms with Gasteiger partial charge in [0.15, 0.2) is 0 Å². The van der Waals surface area contributed by atoms with E-state index in [0.717, 1.165) is 12.2 Å². The lowest BCUT2D eigenvalue weighted by Gasteiger charge is -1.99. The fourth-order valence-electron chi connectivity index (χ4n) is 0.455. The van der Waals surface area contributed by atoms with Crippen LogP contribution in [0.5, 0.6) is 0 Å². The highest BCUT2D eigenvalue weighted by Gasteiger charge is 1.99. The lowest BCUT2D eigenvalue weighted by Crippen LogP contribution is -2.06. The fourth-order valence-corrected chi connectivity index (χ4v) is 0.704. The summed E-state index contributed by atoms with van der Waals surface area (Å²) in [4.78, 5) is 10.7. The summed E-state index contributed by atoms with van der Waals surface area (Å²) in [5.41, 5.74) is 0. The molecule has 0 unspecified atom stereocenters. The molecule has 0 radical (unpaired) electrons. The number of carbonyl (C=O) groups is 1. The molecule has 2 nitrogen and oxygen atoms in total. The summed E-state index contributed by atoms with van der Waals surface area (Å²) in [5, 5.41) is 0. The van der Waals surface area contributed by atoms with E-state index in [1.165, 1.54) is 0 Å². The second-order valence-electron chi connectivity index (χ2n) is 1.77. The van der Waals surface area contributed by atoms with Crippen molar-refractivity contribution in [1.29, 1.82) is 0 Å². The van der Waals surface area contributed by atoms with Gasteiger partial charge in [0.1, 0.15) is 6.61 Å². The molecular formula is C6H12O2S2. The molecule has 0 aliphatic heterocycles. The van der Waals surface area contributed by atoms with Crippen LogP contribution in [0.25, 0.3) is 0 Å². The number of esters is 1. The first-order chi connectivity index (χ1) is 4.81. The lowest BCUT2D eigenvalue weighted by atomic mass is 10.3. The minimum atomic E-state index is -0.150. The van der Waals surface area contributed by atoms with Gasteiger partial charge in [-0.15, -0.1) is 0 Å². The van der Waals surface area contributed by atoms with Crippen molar-refractivity contribution in [3.63, 3.8) is 0 Å². The quantitative estimate of drug-likeness (QED) is 0.491. The van der Waals surface area contributed by atoms with E-state index < -0.39 is 0 Å². The number of thiol groups is 2. The Balaban J connectivity index is 3.09. The smallest absolute Gasteiger partial charge is 0.305 e. The van der Waals surface area contributed by atoms with E-state index in [0.29, 0.717) is 18.8 Å². The molecule has 60 valence electrons. The first-order valence-electron chi connectivity index (χ1n) is 3.18. The highest BCUT2D eigenvalue weighted by molar-refractivity contribution is 7.80. The van der Waals surface area contributed by atoms with Crippen LogP contribution in [0.2, 0.25) is 0 Å². The van der Waals surface area contributed by atoms with E-state index in [9.17, 15) is 4.79 Å². The molecule has 0 aromatic rings. The molecule has 0 saturated carbocycles. The molecule has 0 aromatic heterocycles. The van der Waals surface area contributed by atoms with Gasteiger partial charge in [0.05, 0.1) is 0 Å². The van der Waals surface area contributed by atoms with Crippen LogP contribution < -0.4 is 0 Å². The molecule has 0 atom stereocenters. The summed E-state index contributed by atoms with van der Waals surface area (Å²) in [6.07, 6.45) is 1.26. The Morgan fingerprint density at radius 1 is 1.30 bits per heavy atom. The molecule has 0 bridgehead atoms. The van der Waals surface area contributed by atoms with Gasteiger partial charge in [-0.05, 0) is 12.2 Å². The van der Waals surface area contributed by atoms with Gasteiger partial charge in [-0.1, -0.05) is 0 Å². The van der Waals surface area contributed by atoms with Crippen molar-refractivity contribution >= 4 is 31.2 Å². The summed E-state index contributed by atoms with van der Waals surface area (Å²) in [5.74, 6) is 1.17. The summed E-state index contributed by atoms with van der Waals surface area (Å²) >= 11 is 7.86. The van der Waals surface area contributed by atoms with Crippen LogP contribution >= 0.6 is 25.3 Å². The molecule has 0 amide bonds. The van der Waals surface area contributed by atoms with E-state index >= 15 is 0 Å². The highest BCUT2D eigenvalue weighted by atomic mass is 32.1.